The van der Waals surface area contributed by atoms with Crippen LogP contribution in [0.3, 0.4) is 0 Å². The molecule has 0 heterocycles. The zero-order valence-electron chi connectivity index (χ0n) is 35.3. The molecular weight excluding hydrogens is 759 g/mol. The summed E-state index contributed by atoms with van der Waals surface area (Å²) in [7, 11) is 0. The SMILES string of the molecule is CC1(C)c2ccccc2-c2c(N(c3ccc4c(c3)C3(c5ccccc5-4)c4ccccc4-c4cccc5ccc(-c6ccccc6)c3c45)c3ccccc3-c3ccccc3)cccc21. The number of fused-ring (bicyclic) bond motifs is 12. The lowest BCUT2D eigenvalue weighted by Gasteiger charge is -2.42. The predicted molar refractivity (Wildman–Crippen MR) is 263 cm³/mol. The molecular formula is C62H43N. The van der Waals surface area contributed by atoms with Gasteiger partial charge in [-0.05, 0) is 113 Å². The van der Waals surface area contributed by atoms with E-state index in [1.165, 1.54) is 105 Å². The normalized spacial score (nSPS) is 15.7. The fourth-order valence-corrected chi connectivity index (χ4v) is 11.9. The van der Waals surface area contributed by atoms with Gasteiger partial charge in [-0.15, -0.1) is 0 Å². The molecule has 13 rings (SSSR count). The van der Waals surface area contributed by atoms with Gasteiger partial charge in [0.25, 0.3) is 0 Å². The van der Waals surface area contributed by atoms with E-state index in [0.717, 1.165) is 11.4 Å². The van der Waals surface area contributed by atoms with Crippen molar-refractivity contribution >= 4 is 27.8 Å². The molecule has 1 unspecified atom stereocenters. The molecule has 1 atom stereocenters. The van der Waals surface area contributed by atoms with Crippen molar-refractivity contribution in [3.8, 4) is 55.6 Å². The van der Waals surface area contributed by atoms with Gasteiger partial charge < -0.3 is 4.90 Å². The molecule has 0 amide bonds. The van der Waals surface area contributed by atoms with Crippen LogP contribution in [0, 0.1) is 0 Å². The molecule has 1 nitrogen and oxygen atoms in total. The Labute approximate surface area is 369 Å². The van der Waals surface area contributed by atoms with Crippen molar-refractivity contribution in [2.24, 2.45) is 0 Å². The average Bonchev–Trinajstić information content (AvgIpc) is 3.76. The second kappa shape index (κ2) is 13.4. The highest BCUT2D eigenvalue weighted by Crippen LogP contribution is 2.64. The van der Waals surface area contributed by atoms with E-state index in [1.54, 1.807) is 0 Å². The van der Waals surface area contributed by atoms with Gasteiger partial charge >= 0.3 is 0 Å². The molecule has 296 valence electrons. The van der Waals surface area contributed by atoms with Gasteiger partial charge in [-0.25, -0.2) is 0 Å². The van der Waals surface area contributed by atoms with Crippen LogP contribution in [0.2, 0.25) is 0 Å². The Balaban J connectivity index is 1.17. The lowest BCUT2D eigenvalue weighted by Crippen LogP contribution is -2.32. The highest BCUT2D eigenvalue weighted by atomic mass is 15.1. The average molecular weight is 802 g/mol. The van der Waals surface area contributed by atoms with E-state index in [0.29, 0.717) is 0 Å². The van der Waals surface area contributed by atoms with Crippen LogP contribution in [0.1, 0.15) is 47.2 Å². The fraction of sp³-hybridized carbons (Fsp3) is 0.0645. The Hall–Kier alpha value is -7.74. The van der Waals surface area contributed by atoms with Crippen LogP contribution >= 0.6 is 0 Å². The van der Waals surface area contributed by atoms with Crippen LogP contribution in [0.5, 0.6) is 0 Å². The number of nitrogens with zero attached hydrogens (tertiary/aromatic N) is 1. The van der Waals surface area contributed by atoms with E-state index in [2.05, 4.69) is 243 Å². The number of hydrogen-bond acceptors (Lipinski definition) is 1. The van der Waals surface area contributed by atoms with Crippen LogP contribution in [0.4, 0.5) is 17.1 Å². The molecule has 1 spiro atoms. The van der Waals surface area contributed by atoms with Gasteiger partial charge in [0, 0.05) is 22.2 Å². The van der Waals surface area contributed by atoms with Crippen molar-refractivity contribution < 1.29 is 0 Å². The molecule has 1 heteroatoms. The van der Waals surface area contributed by atoms with Gasteiger partial charge in [0.15, 0.2) is 0 Å². The molecule has 0 saturated carbocycles. The van der Waals surface area contributed by atoms with Gasteiger partial charge in [-0.3, -0.25) is 0 Å². The number of para-hydroxylation sites is 1. The van der Waals surface area contributed by atoms with Crippen molar-refractivity contribution in [3.63, 3.8) is 0 Å². The van der Waals surface area contributed by atoms with Crippen molar-refractivity contribution in [2.45, 2.75) is 24.7 Å². The molecule has 0 radical (unpaired) electrons. The van der Waals surface area contributed by atoms with Gasteiger partial charge in [-0.2, -0.15) is 0 Å². The third-order valence-electron chi connectivity index (χ3n) is 14.5. The van der Waals surface area contributed by atoms with E-state index in [-0.39, 0.29) is 5.41 Å². The molecule has 0 aromatic heterocycles. The maximum Gasteiger partial charge on any atom is 0.0732 e. The Bertz CT molecular complexity index is 3490. The summed E-state index contributed by atoms with van der Waals surface area (Å²) < 4.78 is 0. The van der Waals surface area contributed by atoms with E-state index in [4.69, 9.17) is 0 Å². The molecule has 0 N–H and O–H groups in total. The van der Waals surface area contributed by atoms with Gasteiger partial charge in [-0.1, -0.05) is 214 Å². The lowest BCUT2D eigenvalue weighted by atomic mass is 9.60. The fourth-order valence-electron chi connectivity index (χ4n) is 11.9. The first kappa shape index (κ1) is 36.0. The topological polar surface area (TPSA) is 3.24 Å². The quantitative estimate of drug-likeness (QED) is 0.168. The van der Waals surface area contributed by atoms with Crippen molar-refractivity contribution in [2.75, 3.05) is 4.90 Å². The van der Waals surface area contributed by atoms with E-state index < -0.39 is 5.41 Å². The van der Waals surface area contributed by atoms with Crippen LogP contribution < -0.4 is 4.90 Å². The standard InChI is InChI=1S/C62H43N/c1-61(2)51-29-13-11-27-50(51)59-54(61)32-18-34-57(59)63(56-33-16-12-24-44(56)40-19-5-3-6-20-40)43-36-38-48-46-25-9-14-30-52(46)62(55(48)39-43)53-31-15-10-26-47(53)49-28-17-23-42-35-37-45(60(62)58(42)49)41-21-7-4-8-22-41/h3-39H,1-2H3. The van der Waals surface area contributed by atoms with Crippen molar-refractivity contribution in [3.05, 3.63) is 258 Å². The van der Waals surface area contributed by atoms with E-state index in [9.17, 15) is 0 Å². The summed E-state index contributed by atoms with van der Waals surface area (Å²) in [5.41, 5.74) is 23.4. The highest BCUT2D eigenvalue weighted by molar-refractivity contribution is 6.10. The third-order valence-corrected chi connectivity index (χ3v) is 14.5. The molecule has 0 bridgehead atoms. The lowest BCUT2D eigenvalue weighted by molar-refractivity contribution is 0.660. The highest BCUT2D eigenvalue weighted by Gasteiger charge is 2.51. The summed E-state index contributed by atoms with van der Waals surface area (Å²) in [6.45, 7) is 4.76. The number of anilines is 3. The Morgan fingerprint density at radius 3 is 1.57 bits per heavy atom. The molecule has 3 aliphatic rings. The maximum atomic E-state index is 2.57. The first-order chi connectivity index (χ1) is 31.0. The zero-order chi connectivity index (χ0) is 41.9. The second-order valence-electron chi connectivity index (χ2n) is 17.9. The molecule has 3 aliphatic carbocycles. The summed E-state index contributed by atoms with van der Waals surface area (Å²) in [5, 5.41) is 2.59. The smallest absolute Gasteiger partial charge is 0.0732 e. The summed E-state index contributed by atoms with van der Waals surface area (Å²) in [6, 6.07) is 84.2. The summed E-state index contributed by atoms with van der Waals surface area (Å²) >= 11 is 0. The van der Waals surface area contributed by atoms with Gasteiger partial charge in [0.05, 0.1) is 16.8 Å². The summed E-state index contributed by atoms with van der Waals surface area (Å²) in [4.78, 5) is 2.57. The van der Waals surface area contributed by atoms with Gasteiger partial charge in [0.1, 0.15) is 0 Å². The molecule has 0 aliphatic heterocycles. The van der Waals surface area contributed by atoms with E-state index in [1.807, 2.05) is 0 Å². The third kappa shape index (κ3) is 4.88. The Morgan fingerprint density at radius 2 is 0.841 bits per heavy atom. The Morgan fingerprint density at radius 1 is 0.333 bits per heavy atom. The second-order valence-corrected chi connectivity index (χ2v) is 17.9. The minimum Gasteiger partial charge on any atom is -0.309 e. The minimum atomic E-state index is -0.616. The van der Waals surface area contributed by atoms with Crippen molar-refractivity contribution in [1.82, 2.24) is 0 Å². The van der Waals surface area contributed by atoms with Crippen LogP contribution in [0.15, 0.2) is 224 Å². The zero-order valence-corrected chi connectivity index (χ0v) is 35.3. The molecule has 10 aromatic carbocycles. The number of benzene rings is 10. The maximum absolute atomic E-state index is 2.57. The van der Waals surface area contributed by atoms with Crippen LogP contribution in [-0.2, 0) is 10.8 Å². The van der Waals surface area contributed by atoms with E-state index >= 15 is 0 Å². The van der Waals surface area contributed by atoms with Crippen LogP contribution in [-0.4, -0.2) is 0 Å². The molecule has 0 saturated heterocycles. The van der Waals surface area contributed by atoms with Crippen molar-refractivity contribution in [1.29, 1.82) is 0 Å². The first-order valence-corrected chi connectivity index (χ1v) is 22.2. The largest absolute Gasteiger partial charge is 0.309 e. The summed E-state index contributed by atoms with van der Waals surface area (Å²) in [5.74, 6) is 0. The molecule has 10 aromatic rings. The Kier molecular flexibility index (Phi) is 7.64. The number of rotatable bonds is 5. The predicted octanol–water partition coefficient (Wildman–Crippen LogP) is 16.3. The monoisotopic (exact) mass is 801 g/mol. The summed E-state index contributed by atoms with van der Waals surface area (Å²) in [6.07, 6.45) is 0. The first-order valence-electron chi connectivity index (χ1n) is 22.2. The molecule has 63 heavy (non-hydrogen) atoms. The van der Waals surface area contributed by atoms with Crippen LogP contribution in [0.25, 0.3) is 66.4 Å². The molecule has 0 fully saturated rings. The van der Waals surface area contributed by atoms with Gasteiger partial charge in [0.2, 0.25) is 0 Å². The minimum absolute atomic E-state index is 0.151. The number of hydrogen-bond donors (Lipinski definition) is 0.